The van der Waals surface area contributed by atoms with Crippen molar-refractivity contribution in [3.05, 3.63) is 24.2 Å². The molecule has 1 aromatic heterocycles. The number of hydrogen-bond donors (Lipinski definition) is 2. The summed E-state index contributed by atoms with van der Waals surface area (Å²) in [4.78, 5) is 18.5. The van der Waals surface area contributed by atoms with Crippen LogP contribution in [0.15, 0.2) is 27.8 Å². The lowest BCUT2D eigenvalue weighted by Gasteiger charge is -2.32. The van der Waals surface area contributed by atoms with Gasteiger partial charge >= 0.3 is 6.09 Å². The summed E-state index contributed by atoms with van der Waals surface area (Å²) >= 11 is 0. The van der Waals surface area contributed by atoms with E-state index < -0.39 is 0 Å². The van der Waals surface area contributed by atoms with Crippen molar-refractivity contribution < 1.29 is 18.7 Å². The number of nitrogens with zero attached hydrogens (tertiary/aromatic N) is 2. The third-order valence-corrected chi connectivity index (χ3v) is 5.25. The molecular formula is C22H38N4O4. The number of methoxy groups -OCH3 is 1. The molecule has 30 heavy (non-hydrogen) atoms. The van der Waals surface area contributed by atoms with Crippen molar-refractivity contribution in [2.75, 3.05) is 46.5 Å². The van der Waals surface area contributed by atoms with Gasteiger partial charge in [-0.2, -0.15) is 0 Å². The Balaban J connectivity index is 1.89. The summed E-state index contributed by atoms with van der Waals surface area (Å²) < 4.78 is 15.7. The summed E-state index contributed by atoms with van der Waals surface area (Å²) in [6.45, 7) is 10.2. The van der Waals surface area contributed by atoms with E-state index in [1.54, 1.807) is 18.3 Å². The molecule has 0 unspecified atom stereocenters. The number of aliphatic imine (C=N–C) groups is 1. The summed E-state index contributed by atoms with van der Waals surface area (Å²) in [5.41, 5.74) is 0.0545. The average molecular weight is 423 g/mol. The van der Waals surface area contributed by atoms with Gasteiger partial charge in [-0.15, -0.1) is 0 Å². The van der Waals surface area contributed by atoms with Crippen LogP contribution in [0.5, 0.6) is 0 Å². The minimum Gasteiger partial charge on any atom is -0.469 e. The molecule has 1 saturated heterocycles. The maximum absolute atomic E-state index is 11.9. The smallest absolute Gasteiger partial charge is 0.409 e. The van der Waals surface area contributed by atoms with Crippen LogP contribution in [0.2, 0.25) is 0 Å². The minimum atomic E-state index is -0.221. The van der Waals surface area contributed by atoms with Crippen molar-refractivity contribution in [2.24, 2.45) is 10.4 Å². The van der Waals surface area contributed by atoms with Crippen LogP contribution in [0.25, 0.3) is 0 Å². The van der Waals surface area contributed by atoms with E-state index in [-0.39, 0.29) is 17.6 Å². The molecule has 2 heterocycles. The highest BCUT2D eigenvalue weighted by Crippen LogP contribution is 2.20. The van der Waals surface area contributed by atoms with Crippen molar-refractivity contribution >= 4 is 12.1 Å². The van der Waals surface area contributed by atoms with Gasteiger partial charge in [-0.1, -0.05) is 13.8 Å². The molecule has 8 heteroatoms. The van der Waals surface area contributed by atoms with Crippen LogP contribution in [0.4, 0.5) is 4.79 Å². The molecule has 1 amide bonds. The second-order valence-corrected chi connectivity index (χ2v) is 8.43. The lowest BCUT2D eigenvalue weighted by molar-refractivity contribution is 0.0963. The highest BCUT2D eigenvalue weighted by Gasteiger charge is 2.24. The number of carbonyl (C=O) groups excluding carboxylic acids is 1. The molecule has 0 aromatic carbocycles. The normalized spacial score (nSPS) is 15.9. The van der Waals surface area contributed by atoms with E-state index >= 15 is 0 Å². The predicted molar refractivity (Wildman–Crippen MR) is 118 cm³/mol. The van der Waals surface area contributed by atoms with Crippen LogP contribution in [0.1, 0.15) is 45.8 Å². The lowest BCUT2D eigenvalue weighted by Crippen LogP contribution is -2.50. The van der Waals surface area contributed by atoms with Crippen LogP contribution in [-0.2, 0) is 15.9 Å². The van der Waals surface area contributed by atoms with Gasteiger partial charge in [0.05, 0.1) is 12.9 Å². The number of guanidine groups is 1. The van der Waals surface area contributed by atoms with Gasteiger partial charge in [0.15, 0.2) is 5.96 Å². The average Bonchev–Trinajstić information content (AvgIpc) is 3.25. The first kappa shape index (κ1) is 24.1. The molecule has 1 aliphatic rings. The Morgan fingerprint density at radius 1 is 1.37 bits per heavy atom. The van der Waals surface area contributed by atoms with Crippen molar-refractivity contribution in [1.29, 1.82) is 0 Å². The Morgan fingerprint density at radius 3 is 2.77 bits per heavy atom. The van der Waals surface area contributed by atoms with Crippen molar-refractivity contribution in [3.8, 4) is 0 Å². The summed E-state index contributed by atoms with van der Waals surface area (Å²) in [7, 11) is 1.73. The fourth-order valence-electron chi connectivity index (χ4n) is 3.28. The Hall–Kier alpha value is -2.22. The number of nitrogens with one attached hydrogen (secondary N) is 2. The molecule has 8 nitrogen and oxygen atoms in total. The standard InChI is InChI=1S/C22H38N4O4/c1-5-29-21(27)26-13-9-18(10-14-26)25-20(23-12-8-19-7-6-15-30-19)24-17-22(2,3)11-16-28-4/h6-7,15,18H,5,8-14,16-17H2,1-4H3,(H2,23,24,25). The Bertz CT molecular complexity index is 638. The van der Waals surface area contributed by atoms with Gasteiger partial charge in [-0.3, -0.25) is 4.99 Å². The highest BCUT2D eigenvalue weighted by atomic mass is 16.6. The van der Waals surface area contributed by atoms with E-state index in [0.717, 1.165) is 50.6 Å². The molecule has 170 valence electrons. The molecule has 0 saturated carbocycles. The maximum atomic E-state index is 11.9. The summed E-state index contributed by atoms with van der Waals surface area (Å²) in [6.07, 6.45) is 4.95. The monoisotopic (exact) mass is 422 g/mol. The van der Waals surface area contributed by atoms with E-state index in [1.165, 1.54) is 0 Å². The molecular weight excluding hydrogens is 384 g/mol. The van der Waals surface area contributed by atoms with E-state index in [0.29, 0.717) is 26.2 Å². The number of piperidine rings is 1. The molecule has 0 atom stereocenters. The zero-order chi connectivity index (χ0) is 21.8. The first-order valence-electron chi connectivity index (χ1n) is 10.9. The SMILES string of the molecule is CCOC(=O)N1CCC(NC(=NCC(C)(C)CCOC)NCCc2ccco2)CC1. The van der Waals surface area contributed by atoms with Crippen LogP contribution < -0.4 is 10.6 Å². The number of ether oxygens (including phenoxy) is 2. The topological polar surface area (TPSA) is 88.3 Å². The third kappa shape index (κ3) is 8.65. The molecule has 1 aromatic rings. The quantitative estimate of drug-likeness (QED) is 0.445. The first-order chi connectivity index (χ1) is 14.4. The van der Waals surface area contributed by atoms with E-state index in [2.05, 4.69) is 24.5 Å². The fourth-order valence-corrected chi connectivity index (χ4v) is 3.28. The number of hydrogen-bond acceptors (Lipinski definition) is 5. The Kier molecular flexibility index (Phi) is 10.00. The van der Waals surface area contributed by atoms with Gasteiger partial charge in [0.2, 0.25) is 0 Å². The van der Waals surface area contributed by atoms with Crippen LogP contribution in [0, 0.1) is 5.41 Å². The van der Waals surface area contributed by atoms with Crippen molar-refractivity contribution in [3.63, 3.8) is 0 Å². The largest absolute Gasteiger partial charge is 0.469 e. The third-order valence-electron chi connectivity index (χ3n) is 5.25. The van der Waals surface area contributed by atoms with E-state index in [9.17, 15) is 4.79 Å². The zero-order valence-electron chi connectivity index (χ0n) is 18.9. The van der Waals surface area contributed by atoms with Gasteiger partial charge in [0.25, 0.3) is 0 Å². The second-order valence-electron chi connectivity index (χ2n) is 8.43. The highest BCUT2D eigenvalue weighted by molar-refractivity contribution is 5.80. The van der Waals surface area contributed by atoms with Crippen LogP contribution in [-0.4, -0.2) is 69.5 Å². The Labute approximate surface area is 180 Å². The minimum absolute atomic E-state index is 0.0545. The van der Waals surface area contributed by atoms with Gasteiger partial charge in [0, 0.05) is 52.4 Å². The van der Waals surface area contributed by atoms with Crippen LogP contribution in [0.3, 0.4) is 0 Å². The van der Waals surface area contributed by atoms with Gasteiger partial charge in [-0.05, 0) is 43.7 Å². The van der Waals surface area contributed by atoms with Gasteiger partial charge < -0.3 is 29.4 Å². The number of rotatable bonds is 10. The summed E-state index contributed by atoms with van der Waals surface area (Å²) in [6, 6.07) is 4.15. The molecule has 2 N–H and O–H groups in total. The number of furan rings is 1. The fraction of sp³-hybridized carbons (Fsp3) is 0.727. The zero-order valence-corrected chi connectivity index (χ0v) is 18.9. The number of amides is 1. The van der Waals surface area contributed by atoms with Crippen LogP contribution >= 0.6 is 0 Å². The predicted octanol–water partition coefficient (Wildman–Crippen LogP) is 3.04. The molecule has 0 aliphatic carbocycles. The summed E-state index contributed by atoms with van der Waals surface area (Å²) in [5.74, 6) is 1.76. The summed E-state index contributed by atoms with van der Waals surface area (Å²) in [5, 5.41) is 6.99. The van der Waals surface area contributed by atoms with Gasteiger partial charge in [-0.25, -0.2) is 4.79 Å². The Morgan fingerprint density at radius 2 is 2.13 bits per heavy atom. The molecule has 1 fully saturated rings. The van der Waals surface area contributed by atoms with E-state index in [1.807, 2.05) is 19.1 Å². The van der Waals surface area contributed by atoms with Crippen molar-refractivity contribution in [2.45, 2.75) is 52.5 Å². The first-order valence-corrected chi connectivity index (χ1v) is 10.9. The molecule has 1 aliphatic heterocycles. The lowest BCUT2D eigenvalue weighted by atomic mass is 9.90. The number of likely N-dealkylation sites (tertiary alicyclic amines) is 1. The molecule has 2 rings (SSSR count). The second kappa shape index (κ2) is 12.5. The van der Waals surface area contributed by atoms with Gasteiger partial charge in [0.1, 0.15) is 5.76 Å². The molecule has 0 spiro atoms. The van der Waals surface area contributed by atoms with E-state index in [4.69, 9.17) is 18.9 Å². The van der Waals surface area contributed by atoms with Crippen molar-refractivity contribution in [1.82, 2.24) is 15.5 Å². The maximum Gasteiger partial charge on any atom is 0.409 e. The molecule has 0 radical (unpaired) electrons. The number of carbonyl (C=O) groups is 1. The molecule has 0 bridgehead atoms.